The Labute approximate surface area is 177 Å². The van der Waals surface area contributed by atoms with E-state index in [1.807, 2.05) is 26.0 Å². The highest BCUT2D eigenvalue weighted by atomic mass is 35.5. The molecular formula is C22H29ClN4O2. The van der Waals surface area contributed by atoms with Gasteiger partial charge in [-0.15, -0.1) is 0 Å². The second-order valence-corrected chi connectivity index (χ2v) is 8.21. The molecule has 1 aromatic rings. The average Bonchev–Trinajstić information content (AvgIpc) is 3.18. The highest BCUT2D eigenvalue weighted by Crippen LogP contribution is 2.30. The van der Waals surface area contributed by atoms with Crippen LogP contribution in [0.3, 0.4) is 0 Å². The molecule has 0 saturated carbocycles. The van der Waals surface area contributed by atoms with Gasteiger partial charge in [-0.1, -0.05) is 17.2 Å². The lowest BCUT2D eigenvalue weighted by Crippen LogP contribution is -2.38. The van der Waals surface area contributed by atoms with Gasteiger partial charge in [0.1, 0.15) is 0 Å². The van der Waals surface area contributed by atoms with E-state index in [1.54, 1.807) is 13.0 Å². The van der Waals surface area contributed by atoms with Crippen LogP contribution in [0.1, 0.15) is 43.1 Å². The summed E-state index contributed by atoms with van der Waals surface area (Å²) >= 11 is 6.38. The Bertz CT molecular complexity index is 872. The third-order valence-corrected chi connectivity index (χ3v) is 5.97. The fraction of sp³-hybridized carbons (Fsp3) is 0.500. The average molecular weight is 417 g/mol. The summed E-state index contributed by atoms with van der Waals surface area (Å²) < 4.78 is 0. The number of hydrogen-bond donors (Lipinski definition) is 2. The molecular weight excluding hydrogens is 388 g/mol. The summed E-state index contributed by atoms with van der Waals surface area (Å²) in [5.74, 6) is -0.853. The van der Waals surface area contributed by atoms with E-state index in [2.05, 4.69) is 27.4 Å². The largest absolute Gasteiger partial charge is 0.367 e. The Morgan fingerprint density at radius 2 is 2.10 bits per heavy atom. The van der Waals surface area contributed by atoms with Crippen molar-refractivity contribution in [2.45, 2.75) is 40.2 Å². The van der Waals surface area contributed by atoms with Gasteiger partial charge in [-0.25, -0.2) is 4.99 Å². The molecule has 1 fully saturated rings. The zero-order valence-corrected chi connectivity index (χ0v) is 18.3. The molecule has 2 unspecified atom stereocenters. The first-order chi connectivity index (χ1) is 13.8. The van der Waals surface area contributed by atoms with Crippen molar-refractivity contribution in [2.24, 2.45) is 10.9 Å². The number of allylic oxidation sites excluding steroid dienone is 1. The van der Waals surface area contributed by atoms with Crippen LogP contribution in [0, 0.1) is 12.8 Å². The molecule has 1 aromatic carbocycles. The number of nitrogens with zero attached hydrogens (tertiary/aromatic N) is 2. The Hall–Kier alpha value is -2.18. The van der Waals surface area contributed by atoms with Crippen LogP contribution in [0.15, 0.2) is 28.8 Å². The topological polar surface area (TPSA) is 73.8 Å². The molecule has 1 saturated heterocycles. The zero-order chi connectivity index (χ0) is 21.1. The molecule has 0 spiro atoms. The predicted molar refractivity (Wildman–Crippen MR) is 118 cm³/mol. The van der Waals surface area contributed by atoms with Crippen LogP contribution in [0.5, 0.6) is 0 Å². The van der Waals surface area contributed by atoms with Crippen LogP contribution in [-0.4, -0.2) is 49.7 Å². The number of rotatable bonds is 6. The van der Waals surface area contributed by atoms with Gasteiger partial charge in [-0.2, -0.15) is 0 Å². The number of aliphatic imine (C=N–C) groups is 1. The molecule has 2 atom stereocenters. The lowest BCUT2D eigenvalue weighted by molar-refractivity contribution is -0.120. The maximum Gasteiger partial charge on any atom is 0.254 e. The number of benzene rings is 1. The third-order valence-electron chi connectivity index (χ3n) is 5.75. The van der Waals surface area contributed by atoms with Gasteiger partial charge >= 0.3 is 0 Å². The lowest BCUT2D eigenvalue weighted by atomic mass is 9.95. The van der Waals surface area contributed by atoms with Crippen molar-refractivity contribution in [3.05, 3.63) is 39.9 Å². The maximum absolute atomic E-state index is 13.0. The molecule has 7 heteroatoms. The first kappa shape index (κ1) is 21.5. The molecule has 2 aliphatic rings. The Kier molecular flexibility index (Phi) is 6.75. The minimum atomic E-state index is -0.418. The van der Waals surface area contributed by atoms with Gasteiger partial charge in [0.05, 0.1) is 5.92 Å². The molecule has 0 aromatic heterocycles. The minimum Gasteiger partial charge on any atom is -0.367 e. The third kappa shape index (κ3) is 4.70. The molecule has 2 N–H and O–H groups in total. The number of carbonyl (C=O) groups is 2. The molecule has 29 heavy (non-hydrogen) atoms. The minimum absolute atomic E-state index is 0.211. The SMILES string of the molecule is CCN(c1cc(Cl)cc(C(=O)NCC2C(=O)N=C(C)C=C2C)c1C)C1CCNC1. The fourth-order valence-corrected chi connectivity index (χ4v) is 4.39. The number of anilines is 1. The second kappa shape index (κ2) is 9.09. The van der Waals surface area contributed by atoms with E-state index < -0.39 is 5.92 Å². The quantitative estimate of drug-likeness (QED) is 0.747. The fourth-order valence-electron chi connectivity index (χ4n) is 4.18. The summed E-state index contributed by atoms with van der Waals surface area (Å²) in [6.45, 7) is 10.8. The van der Waals surface area contributed by atoms with E-state index in [1.165, 1.54) is 0 Å². The smallest absolute Gasteiger partial charge is 0.254 e. The molecule has 6 nitrogen and oxygen atoms in total. The summed E-state index contributed by atoms with van der Waals surface area (Å²) in [6.07, 6.45) is 2.95. The molecule has 2 amide bonds. The number of halogens is 1. The summed E-state index contributed by atoms with van der Waals surface area (Å²) in [5, 5.41) is 6.83. The van der Waals surface area contributed by atoms with Crippen LogP contribution in [0.4, 0.5) is 5.69 Å². The van der Waals surface area contributed by atoms with Crippen molar-refractivity contribution < 1.29 is 9.59 Å². The Morgan fingerprint density at radius 1 is 1.34 bits per heavy atom. The molecule has 2 aliphatic heterocycles. The second-order valence-electron chi connectivity index (χ2n) is 7.77. The highest BCUT2D eigenvalue weighted by molar-refractivity contribution is 6.31. The molecule has 156 valence electrons. The van der Waals surface area contributed by atoms with E-state index in [0.717, 1.165) is 42.9 Å². The van der Waals surface area contributed by atoms with Gasteiger partial charge in [0, 0.05) is 47.7 Å². The van der Waals surface area contributed by atoms with E-state index in [0.29, 0.717) is 22.3 Å². The number of carbonyl (C=O) groups excluding carboxylic acids is 2. The van der Waals surface area contributed by atoms with E-state index in [4.69, 9.17) is 11.6 Å². The van der Waals surface area contributed by atoms with Crippen LogP contribution in [0.25, 0.3) is 0 Å². The van der Waals surface area contributed by atoms with Crippen molar-refractivity contribution in [1.29, 1.82) is 0 Å². The zero-order valence-electron chi connectivity index (χ0n) is 17.5. The summed E-state index contributed by atoms with van der Waals surface area (Å²) in [7, 11) is 0. The maximum atomic E-state index is 13.0. The lowest BCUT2D eigenvalue weighted by Gasteiger charge is -2.31. The molecule has 3 rings (SSSR count). The van der Waals surface area contributed by atoms with Crippen molar-refractivity contribution in [2.75, 3.05) is 31.1 Å². The molecule has 2 heterocycles. The molecule has 0 radical (unpaired) electrons. The molecule has 0 bridgehead atoms. The Morgan fingerprint density at radius 3 is 2.72 bits per heavy atom. The van der Waals surface area contributed by atoms with Gasteiger partial charge in [0.2, 0.25) is 0 Å². The number of hydrogen-bond acceptors (Lipinski definition) is 4. The van der Waals surface area contributed by atoms with Crippen LogP contribution < -0.4 is 15.5 Å². The summed E-state index contributed by atoms with van der Waals surface area (Å²) in [5.41, 5.74) is 4.05. The normalized spacial score (nSPS) is 21.6. The highest BCUT2D eigenvalue weighted by Gasteiger charge is 2.27. The standard InChI is InChI=1S/C22H29ClN4O2/c1-5-27(17-6-7-24-11-17)20-10-16(23)9-18(15(20)4)21(28)25-12-19-13(2)8-14(3)26-22(19)29/h8-10,17,19,24H,5-7,11-12H2,1-4H3,(H,25,28). The van der Waals surface area contributed by atoms with Crippen molar-refractivity contribution >= 4 is 34.8 Å². The van der Waals surface area contributed by atoms with Gasteiger partial charge in [-0.05, 0) is 64.4 Å². The van der Waals surface area contributed by atoms with E-state index in [-0.39, 0.29) is 18.4 Å². The van der Waals surface area contributed by atoms with Crippen molar-refractivity contribution in [1.82, 2.24) is 10.6 Å². The number of dihydropyridines is 1. The number of nitrogens with one attached hydrogen (secondary N) is 2. The summed E-state index contributed by atoms with van der Waals surface area (Å²) in [6, 6.07) is 4.02. The number of likely N-dealkylation sites (N-methyl/N-ethyl adjacent to an activating group) is 1. The van der Waals surface area contributed by atoms with Crippen LogP contribution in [0.2, 0.25) is 5.02 Å². The predicted octanol–water partition coefficient (Wildman–Crippen LogP) is 3.13. The van der Waals surface area contributed by atoms with Gasteiger partial charge < -0.3 is 15.5 Å². The number of amides is 2. The molecule has 0 aliphatic carbocycles. The van der Waals surface area contributed by atoms with Crippen molar-refractivity contribution in [3.63, 3.8) is 0 Å². The monoisotopic (exact) mass is 416 g/mol. The van der Waals surface area contributed by atoms with Crippen LogP contribution in [-0.2, 0) is 4.79 Å². The van der Waals surface area contributed by atoms with E-state index >= 15 is 0 Å². The van der Waals surface area contributed by atoms with E-state index in [9.17, 15) is 9.59 Å². The van der Waals surface area contributed by atoms with Gasteiger partial charge in [-0.3, -0.25) is 9.59 Å². The first-order valence-electron chi connectivity index (χ1n) is 10.1. The van der Waals surface area contributed by atoms with Crippen molar-refractivity contribution in [3.8, 4) is 0 Å². The summed E-state index contributed by atoms with van der Waals surface area (Å²) in [4.78, 5) is 31.5. The first-order valence-corrected chi connectivity index (χ1v) is 10.5. The Balaban J connectivity index is 1.79. The van der Waals surface area contributed by atoms with Gasteiger partial charge in [0.15, 0.2) is 0 Å². The van der Waals surface area contributed by atoms with Crippen LogP contribution >= 0.6 is 11.6 Å². The van der Waals surface area contributed by atoms with Gasteiger partial charge in [0.25, 0.3) is 11.8 Å².